The summed E-state index contributed by atoms with van der Waals surface area (Å²) in [7, 11) is 0. The normalized spacial score (nSPS) is 15.4. The molecule has 7 aromatic rings. The van der Waals surface area contributed by atoms with Crippen molar-refractivity contribution in [1.29, 1.82) is 0 Å². The highest BCUT2D eigenvalue weighted by molar-refractivity contribution is 6.22. The first-order valence-corrected chi connectivity index (χ1v) is 18.3. The van der Waals surface area contributed by atoms with Gasteiger partial charge in [-0.2, -0.15) is 0 Å². The van der Waals surface area contributed by atoms with E-state index in [0.29, 0.717) is 0 Å². The lowest BCUT2D eigenvalue weighted by atomic mass is 9.81. The monoisotopic (exact) mass is 654 g/mol. The number of para-hydroxylation sites is 2. The molecule has 0 radical (unpaired) electrons. The Labute approximate surface area is 300 Å². The van der Waals surface area contributed by atoms with Gasteiger partial charge >= 0.3 is 0 Å². The van der Waals surface area contributed by atoms with Gasteiger partial charge in [0.15, 0.2) is 0 Å². The molecule has 1 unspecified atom stereocenters. The Morgan fingerprint density at radius 1 is 0.569 bits per heavy atom. The van der Waals surface area contributed by atoms with Gasteiger partial charge in [0.05, 0.1) is 11.4 Å². The van der Waals surface area contributed by atoms with E-state index in [-0.39, 0.29) is 6.17 Å². The average molecular weight is 655 g/mol. The van der Waals surface area contributed by atoms with Gasteiger partial charge in [0.1, 0.15) is 6.17 Å². The van der Waals surface area contributed by atoms with Crippen LogP contribution in [0.25, 0.3) is 72.0 Å². The van der Waals surface area contributed by atoms with E-state index >= 15 is 0 Å². The van der Waals surface area contributed by atoms with Crippen LogP contribution in [0.4, 0.5) is 17.1 Å². The molecule has 0 saturated carbocycles. The Morgan fingerprint density at radius 2 is 1.29 bits per heavy atom. The Kier molecular flexibility index (Phi) is 7.02. The molecule has 0 spiro atoms. The van der Waals surface area contributed by atoms with Crippen LogP contribution in [0.5, 0.6) is 0 Å². The minimum atomic E-state index is 0.244. The Morgan fingerprint density at radius 3 is 2.08 bits per heavy atom. The van der Waals surface area contributed by atoms with E-state index in [1.165, 1.54) is 94.6 Å². The zero-order valence-corrected chi connectivity index (χ0v) is 28.7. The van der Waals surface area contributed by atoms with Crippen LogP contribution in [0.1, 0.15) is 31.7 Å². The zero-order valence-electron chi connectivity index (χ0n) is 28.7. The van der Waals surface area contributed by atoms with Crippen LogP contribution in [0, 0.1) is 0 Å². The third-order valence-electron chi connectivity index (χ3n) is 11.0. The number of nitrogens with one attached hydrogen (secondary N) is 1. The van der Waals surface area contributed by atoms with Gasteiger partial charge in [0, 0.05) is 5.69 Å². The van der Waals surface area contributed by atoms with E-state index < -0.39 is 0 Å². The highest BCUT2D eigenvalue weighted by Gasteiger charge is 2.31. The maximum Gasteiger partial charge on any atom is 0.104 e. The fourth-order valence-electron chi connectivity index (χ4n) is 8.67. The standard InChI is InChI=1S/C49H38N2/c1-2-45-50-43-24-9-10-25-44(43)51(45)38-28-26-32(27-29-38)36-20-11-21-37(30-36)42-31-41(33-14-5-3-6-15-33)48-39-22-12-18-34-19-13-23-40(46(34)39)49(48)47(42)35-16-7-4-8-17-35/h4-5,7-31,45,50H,2-3,6H2,1H3. The van der Waals surface area contributed by atoms with Crippen molar-refractivity contribution < 1.29 is 0 Å². The molecule has 0 fully saturated rings. The highest BCUT2D eigenvalue weighted by Crippen LogP contribution is 2.56. The smallest absolute Gasteiger partial charge is 0.104 e. The van der Waals surface area contributed by atoms with Gasteiger partial charge in [-0.15, -0.1) is 0 Å². The molecule has 1 heterocycles. The second kappa shape index (κ2) is 12.0. The third kappa shape index (κ3) is 4.78. The van der Waals surface area contributed by atoms with E-state index in [1.54, 1.807) is 0 Å². The first kappa shape index (κ1) is 29.8. The summed E-state index contributed by atoms with van der Waals surface area (Å²) < 4.78 is 0. The topological polar surface area (TPSA) is 15.3 Å². The number of anilines is 3. The fraction of sp³-hybridized carbons (Fsp3) is 0.102. The summed E-state index contributed by atoms with van der Waals surface area (Å²) in [6, 6.07) is 54.0. The quantitative estimate of drug-likeness (QED) is 0.192. The molecular formula is C49H38N2. The molecule has 1 atom stereocenters. The third-order valence-corrected chi connectivity index (χ3v) is 11.0. The summed E-state index contributed by atoms with van der Waals surface area (Å²) in [6.45, 7) is 2.24. The van der Waals surface area contributed by atoms with Crippen molar-refractivity contribution in [2.75, 3.05) is 10.2 Å². The van der Waals surface area contributed by atoms with Crippen molar-refractivity contribution >= 4 is 33.4 Å². The number of rotatable bonds is 6. The van der Waals surface area contributed by atoms with Crippen molar-refractivity contribution in [3.05, 3.63) is 169 Å². The SMILES string of the molecule is CCC1Nc2ccccc2N1c1ccc(-c2cccc(-c3cc(C4=CCCC=C4)c4c(c3-c3ccccc3)-c3cccc5cccc-4c35)c2)cc1. The lowest BCUT2D eigenvalue weighted by molar-refractivity contribution is 0.728. The van der Waals surface area contributed by atoms with Crippen LogP contribution >= 0.6 is 0 Å². The summed E-state index contributed by atoms with van der Waals surface area (Å²) in [6.07, 6.45) is 10.5. The van der Waals surface area contributed by atoms with Gasteiger partial charge in [-0.25, -0.2) is 0 Å². The van der Waals surface area contributed by atoms with Gasteiger partial charge in [-0.05, 0) is 133 Å². The van der Waals surface area contributed by atoms with E-state index in [4.69, 9.17) is 0 Å². The second-order valence-electron chi connectivity index (χ2n) is 13.9. The Bertz CT molecular complexity index is 2530. The van der Waals surface area contributed by atoms with Crippen LogP contribution in [0.2, 0.25) is 0 Å². The van der Waals surface area contributed by atoms with E-state index in [1.807, 2.05) is 0 Å². The second-order valence-corrected chi connectivity index (χ2v) is 13.9. The number of hydrogen-bond acceptors (Lipinski definition) is 2. The fourth-order valence-corrected chi connectivity index (χ4v) is 8.67. The lowest BCUT2D eigenvalue weighted by Gasteiger charge is -2.26. The van der Waals surface area contributed by atoms with E-state index in [0.717, 1.165) is 19.3 Å². The maximum atomic E-state index is 3.70. The average Bonchev–Trinajstić information content (AvgIpc) is 3.75. The number of nitrogens with zero attached hydrogens (tertiary/aromatic N) is 1. The molecule has 1 aliphatic heterocycles. The molecule has 0 bridgehead atoms. The molecule has 10 rings (SSSR count). The van der Waals surface area contributed by atoms with Gasteiger partial charge in [0.2, 0.25) is 0 Å². The molecule has 244 valence electrons. The van der Waals surface area contributed by atoms with Crippen LogP contribution in [-0.4, -0.2) is 6.17 Å². The Hall–Kier alpha value is -6.12. The van der Waals surface area contributed by atoms with Crippen molar-refractivity contribution in [2.45, 2.75) is 32.4 Å². The van der Waals surface area contributed by atoms with Crippen molar-refractivity contribution in [1.82, 2.24) is 0 Å². The van der Waals surface area contributed by atoms with Gasteiger partial charge in [-0.1, -0.05) is 134 Å². The van der Waals surface area contributed by atoms with Crippen molar-refractivity contribution in [3.63, 3.8) is 0 Å². The van der Waals surface area contributed by atoms with Gasteiger partial charge < -0.3 is 10.2 Å². The lowest BCUT2D eigenvalue weighted by Crippen LogP contribution is -2.30. The molecular weight excluding hydrogens is 617 g/mol. The van der Waals surface area contributed by atoms with Gasteiger partial charge in [-0.3, -0.25) is 0 Å². The minimum Gasteiger partial charge on any atom is -0.363 e. The summed E-state index contributed by atoms with van der Waals surface area (Å²) in [5.74, 6) is 0. The van der Waals surface area contributed by atoms with E-state index in [2.05, 4.69) is 181 Å². The number of hydrogen-bond donors (Lipinski definition) is 1. The molecule has 1 N–H and O–H groups in total. The van der Waals surface area contributed by atoms with Crippen LogP contribution in [0.15, 0.2) is 164 Å². The number of benzene rings is 7. The molecule has 3 aliphatic rings. The molecule has 0 saturated heterocycles. The predicted octanol–water partition coefficient (Wildman–Crippen LogP) is 13.5. The number of fused-ring (bicyclic) bond motifs is 4. The van der Waals surface area contributed by atoms with E-state index in [9.17, 15) is 0 Å². The molecule has 7 aromatic carbocycles. The molecule has 0 amide bonds. The maximum absolute atomic E-state index is 3.70. The molecule has 2 heteroatoms. The molecule has 0 aromatic heterocycles. The highest BCUT2D eigenvalue weighted by atomic mass is 15.3. The summed E-state index contributed by atoms with van der Waals surface area (Å²) in [4.78, 5) is 2.43. The van der Waals surface area contributed by atoms with Crippen LogP contribution in [-0.2, 0) is 0 Å². The molecule has 2 nitrogen and oxygen atoms in total. The van der Waals surface area contributed by atoms with Gasteiger partial charge in [0.25, 0.3) is 0 Å². The zero-order chi connectivity index (χ0) is 33.9. The number of allylic oxidation sites excluding steroid dienone is 4. The van der Waals surface area contributed by atoms with Crippen LogP contribution in [0.3, 0.4) is 0 Å². The Balaban J connectivity index is 1.15. The minimum absolute atomic E-state index is 0.244. The summed E-state index contributed by atoms with van der Waals surface area (Å²) in [5, 5.41) is 6.36. The first-order valence-electron chi connectivity index (χ1n) is 18.3. The predicted molar refractivity (Wildman–Crippen MR) is 217 cm³/mol. The molecule has 2 aliphatic carbocycles. The summed E-state index contributed by atoms with van der Waals surface area (Å²) >= 11 is 0. The largest absolute Gasteiger partial charge is 0.363 e. The molecule has 51 heavy (non-hydrogen) atoms. The first-order chi connectivity index (χ1) is 25.3. The summed E-state index contributed by atoms with van der Waals surface area (Å²) in [5.41, 5.74) is 19.1. The van der Waals surface area contributed by atoms with Crippen molar-refractivity contribution in [2.24, 2.45) is 0 Å². The van der Waals surface area contributed by atoms with Crippen molar-refractivity contribution in [3.8, 4) is 55.6 Å². The van der Waals surface area contributed by atoms with Crippen LogP contribution < -0.4 is 10.2 Å².